The highest BCUT2D eigenvalue weighted by Crippen LogP contribution is 2.07. The summed E-state index contributed by atoms with van der Waals surface area (Å²) in [7, 11) is 0. The number of hydrogen-bond acceptors (Lipinski definition) is 4. The summed E-state index contributed by atoms with van der Waals surface area (Å²) in [5.74, 6) is 0.876. The Labute approximate surface area is 113 Å². The quantitative estimate of drug-likeness (QED) is 0.761. The third-order valence-corrected chi connectivity index (χ3v) is 2.93. The average molecular weight is 264 g/mol. The van der Waals surface area contributed by atoms with E-state index in [4.69, 9.17) is 9.47 Å². The van der Waals surface area contributed by atoms with E-state index in [9.17, 15) is 4.79 Å². The molecule has 1 aromatic carbocycles. The van der Waals surface area contributed by atoms with Gasteiger partial charge in [-0.3, -0.25) is 4.79 Å². The Morgan fingerprint density at radius 2 is 1.89 bits per heavy atom. The van der Waals surface area contributed by atoms with E-state index in [-0.39, 0.29) is 12.5 Å². The second kappa shape index (κ2) is 7.76. The van der Waals surface area contributed by atoms with Gasteiger partial charge >= 0.3 is 0 Å². The number of para-hydroxylation sites is 1. The minimum absolute atomic E-state index is 0.0567. The molecule has 1 fully saturated rings. The van der Waals surface area contributed by atoms with E-state index in [0.29, 0.717) is 13.2 Å². The lowest BCUT2D eigenvalue weighted by atomic mass is 10.3. The summed E-state index contributed by atoms with van der Waals surface area (Å²) in [6, 6.07) is 9.57. The van der Waals surface area contributed by atoms with Crippen molar-refractivity contribution in [2.75, 3.05) is 46.0 Å². The second-order valence-corrected chi connectivity index (χ2v) is 4.34. The summed E-state index contributed by atoms with van der Waals surface area (Å²) >= 11 is 0. The molecule has 2 rings (SSSR count). The van der Waals surface area contributed by atoms with Gasteiger partial charge in [0.15, 0.2) is 0 Å². The Morgan fingerprint density at radius 3 is 2.63 bits per heavy atom. The molecule has 0 spiro atoms. The van der Waals surface area contributed by atoms with Gasteiger partial charge < -0.3 is 19.7 Å². The van der Waals surface area contributed by atoms with E-state index in [1.807, 2.05) is 35.2 Å². The minimum Gasteiger partial charge on any atom is -0.491 e. The van der Waals surface area contributed by atoms with Crippen LogP contribution in [0, 0.1) is 0 Å². The number of carbonyl (C=O) groups excluding carboxylic acids is 1. The molecule has 19 heavy (non-hydrogen) atoms. The first-order chi connectivity index (χ1) is 9.36. The number of carbonyl (C=O) groups is 1. The number of piperazine rings is 1. The fraction of sp³-hybridized carbons (Fsp3) is 0.500. The zero-order valence-corrected chi connectivity index (χ0v) is 11.0. The number of nitrogens with one attached hydrogen (secondary N) is 1. The topological polar surface area (TPSA) is 50.8 Å². The lowest BCUT2D eigenvalue weighted by Gasteiger charge is -2.27. The smallest absolute Gasteiger partial charge is 0.248 e. The summed E-state index contributed by atoms with van der Waals surface area (Å²) in [5, 5.41) is 3.21. The second-order valence-electron chi connectivity index (χ2n) is 4.34. The van der Waals surface area contributed by atoms with Gasteiger partial charge in [0.2, 0.25) is 5.91 Å². The predicted molar refractivity (Wildman–Crippen MR) is 72.2 cm³/mol. The molecule has 1 saturated heterocycles. The summed E-state index contributed by atoms with van der Waals surface area (Å²) in [6.45, 7) is 4.28. The number of hydrogen-bond donors (Lipinski definition) is 1. The van der Waals surface area contributed by atoms with Crippen LogP contribution in [0.4, 0.5) is 0 Å². The maximum absolute atomic E-state index is 11.8. The maximum Gasteiger partial charge on any atom is 0.248 e. The summed E-state index contributed by atoms with van der Waals surface area (Å²) in [4.78, 5) is 13.6. The zero-order chi connectivity index (χ0) is 13.3. The van der Waals surface area contributed by atoms with Crippen LogP contribution in [0.1, 0.15) is 0 Å². The molecular weight excluding hydrogens is 244 g/mol. The fourth-order valence-corrected chi connectivity index (χ4v) is 1.90. The van der Waals surface area contributed by atoms with Gasteiger partial charge in [-0.25, -0.2) is 0 Å². The summed E-state index contributed by atoms with van der Waals surface area (Å²) in [6.07, 6.45) is 0. The molecule has 1 N–H and O–H groups in total. The largest absolute Gasteiger partial charge is 0.491 e. The van der Waals surface area contributed by atoms with Crippen molar-refractivity contribution in [2.24, 2.45) is 0 Å². The first kappa shape index (κ1) is 13.8. The SMILES string of the molecule is O=C(COCCOc1ccccc1)N1CCNCC1. The zero-order valence-electron chi connectivity index (χ0n) is 11.0. The highest BCUT2D eigenvalue weighted by molar-refractivity contribution is 5.77. The van der Waals surface area contributed by atoms with E-state index in [1.54, 1.807) is 0 Å². The first-order valence-corrected chi connectivity index (χ1v) is 6.60. The van der Waals surface area contributed by atoms with Crippen molar-refractivity contribution in [3.63, 3.8) is 0 Å². The molecule has 5 nitrogen and oxygen atoms in total. The number of nitrogens with zero attached hydrogens (tertiary/aromatic N) is 1. The Bertz CT molecular complexity index is 378. The van der Waals surface area contributed by atoms with E-state index in [1.165, 1.54) is 0 Å². The molecule has 0 radical (unpaired) electrons. The van der Waals surface area contributed by atoms with Gasteiger partial charge in [-0.15, -0.1) is 0 Å². The van der Waals surface area contributed by atoms with E-state index in [0.717, 1.165) is 31.9 Å². The molecule has 0 bridgehead atoms. The van der Waals surface area contributed by atoms with Gasteiger partial charge in [-0.2, -0.15) is 0 Å². The van der Waals surface area contributed by atoms with Crippen molar-refractivity contribution in [3.8, 4) is 5.75 Å². The molecular formula is C14H20N2O3. The van der Waals surface area contributed by atoms with Crippen LogP contribution >= 0.6 is 0 Å². The van der Waals surface area contributed by atoms with Crippen LogP contribution in [0.25, 0.3) is 0 Å². The average Bonchev–Trinajstić information content (AvgIpc) is 2.49. The van der Waals surface area contributed by atoms with Crippen molar-refractivity contribution >= 4 is 5.91 Å². The van der Waals surface area contributed by atoms with Gasteiger partial charge in [0.25, 0.3) is 0 Å². The highest BCUT2D eigenvalue weighted by atomic mass is 16.5. The molecule has 0 unspecified atom stereocenters. The van der Waals surface area contributed by atoms with Gasteiger partial charge in [-0.05, 0) is 12.1 Å². The normalized spacial score (nSPS) is 15.3. The Hall–Kier alpha value is -1.59. The Kier molecular flexibility index (Phi) is 5.65. The van der Waals surface area contributed by atoms with Crippen LogP contribution in [-0.4, -0.2) is 56.8 Å². The molecule has 5 heteroatoms. The van der Waals surface area contributed by atoms with E-state index >= 15 is 0 Å². The number of rotatable bonds is 6. The third-order valence-electron chi connectivity index (χ3n) is 2.93. The molecule has 0 aromatic heterocycles. The Morgan fingerprint density at radius 1 is 1.16 bits per heavy atom. The molecule has 104 valence electrons. The van der Waals surface area contributed by atoms with Gasteiger partial charge in [0.05, 0.1) is 6.61 Å². The standard InChI is InChI=1S/C14H20N2O3/c17-14(16-8-6-15-7-9-16)12-18-10-11-19-13-4-2-1-3-5-13/h1-5,15H,6-12H2. The van der Waals surface area contributed by atoms with E-state index < -0.39 is 0 Å². The van der Waals surface area contributed by atoms with Crippen molar-refractivity contribution in [2.45, 2.75) is 0 Å². The molecule has 1 aliphatic rings. The molecule has 1 amide bonds. The molecule has 1 aliphatic heterocycles. The Balaban J connectivity index is 1.55. The molecule has 0 atom stereocenters. The predicted octanol–water partition coefficient (Wildman–Crippen LogP) is 0.514. The molecule has 1 heterocycles. The molecule has 0 aliphatic carbocycles. The number of benzene rings is 1. The highest BCUT2D eigenvalue weighted by Gasteiger charge is 2.15. The lowest BCUT2D eigenvalue weighted by molar-refractivity contribution is -0.136. The van der Waals surface area contributed by atoms with Crippen LogP contribution in [0.15, 0.2) is 30.3 Å². The first-order valence-electron chi connectivity index (χ1n) is 6.60. The van der Waals surface area contributed by atoms with Crippen LogP contribution < -0.4 is 10.1 Å². The third kappa shape index (κ3) is 4.89. The number of ether oxygens (including phenoxy) is 2. The van der Waals surface area contributed by atoms with Crippen molar-refractivity contribution in [3.05, 3.63) is 30.3 Å². The van der Waals surface area contributed by atoms with Crippen LogP contribution in [-0.2, 0) is 9.53 Å². The minimum atomic E-state index is 0.0567. The monoisotopic (exact) mass is 264 g/mol. The van der Waals surface area contributed by atoms with Crippen LogP contribution in [0.2, 0.25) is 0 Å². The summed E-state index contributed by atoms with van der Waals surface area (Å²) < 4.78 is 10.8. The van der Waals surface area contributed by atoms with Crippen LogP contribution in [0.3, 0.4) is 0 Å². The van der Waals surface area contributed by atoms with Crippen LogP contribution in [0.5, 0.6) is 5.75 Å². The number of amides is 1. The lowest BCUT2D eigenvalue weighted by Crippen LogP contribution is -2.47. The summed E-state index contributed by atoms with van der Waals surface area (Å²) in [5.41, 5.74) is 0. The van der Waals surface area contributed by atoms with Gasteiger partial charge in [0, 0.05) is 26.2 Å². The van der Waals surface area contributed by atoms with Crippen molar-refractivity contribution in [1.82, 2.24) is 10.2 Å². The maximum atomic E-state index is 11.8. The van der Waals surface area contributed by atoms with Crippen molar-refractivity contribution in [1.29, 1.82) is 0 Å². The fourth-order valence-electron chi connectivity index (χ4n) is 1.90. The molecule has 0 saturated carbocycles. The van der Waals surface area contributed by atoms with Gasteiger partial charge in [0.1, 0.15) is 19.0 Å². The molecule has 1 aromatic rings. The van der Waals surface area contributed by atoms with Gasteiger partial charge in [-0.1, -0.05) is 18.2 Å². The van der Waals surface area contributed by atoms with E-state index in [2.05, 4.69) is 5.32 Å². The van der Waals surface area contributed by atoms with Crippen molar-refractivity contribution < 1.29 is 14.3 Å².